The van der Waals surface area contributed by atoms with Gasteiger partial charge in [0.2, 0.25) is 0 Å². The van der Waals surface area contributed by atoms with Crippen molar-refractivity contribution in [1.29, 1.82) is 0 Å². The Kier molecular flexibility index (Phi) is 4.02. The van der Waals surface area contributed by atoms with Crippen LogP contribution >= 0.6 is 15.9 Å². The predicted octanol–water partition coefficient (Wildman–Crippen LogP) is 2.22. The molecule has 0 spiro atoms. The maximum atomic E-state index is 12.4. The van der Waals surface area contributed by atoms with E-state index in [9.17, 15) is 9.90 Å². The SMILES string of the molecule is CC1(O)CCCN(C(=O)c2cccnc2Br)CC1. The van der Waals surface area contributed by atoms with Gasteiger partial charge in [0.1, 0.15) is 4.60 Å². The van der Waals surface area contributed by atoms with Crippen LogP contribution in [0.5, 0.6) is 0 Å². The number of pyridine rings is 1. The Labute approximate surface area is 115 Å². The van der Waals surface area contributed by atoms with E-state index in [1.165, 1.54) is 0 Å². The van der Waals surface area contributed by atoms with Gasteiger partial charge >= 0.3 is 0 Å². The fourth-order valence-electron chi connectivity index (χ4n) is 2.18. The molecule has 0 saturated carbocycles. The number of carbonyl (C=O) groups excluding carboxylic acids is 1. The molecule has 0 aliphatic carbocycles. The molecule has 1 fully saturated rings. The number of aliphatic hydroxyl groups is 1. The zero-order chi connectivity index (χ0) is 13.2. The molecular formula is C13H17BrN2O2. The Bertz CT molecular complexity index is 448. The van der Waals surface area contributed by atoms with E-state index in [4.69, 9.17) is 0 Å². The molecule has 2 heterocycles. The number of rotatable bonds is 1. The highest BCUT2D eigenvalue weighted by Gasteiger charge is 2.28. The summed E-state index contributed by atoms with van der Waals surface area (Å²) in [7, 11) is 0. The number of aromatic nitrogens is 1. The topological polar surface area (TPSA) is 53.4 Å². The molecule has 1 amide bonds. The van der Waals surface area contributed by atoms with Gasteiger partial charge in [0, 0.05) is 19.3 Å². The minimum absolute atomic E-state index is 0.0207. The molecule has 1 aromatic rings. The molecule has 1 atom stereocenters. The van der Waals surface area contributed by atoms with Gasteiger partial charge in [0.25, 0.3) is 5.91 Å². The third-order valence-electron chi connectivity index (χ3n) is 3.34. The number of likely N-dealkylation sites (tertiary alicyclic amines) is 1. The average molecular weight is 313 g/mol. The second-order valence-electron chi connectivity index (χ2n) is 4.98. The van der Waals surface area contributed by atoms with Crippen molar-refractivity contribution in [1.82, 2.24) is 9.88 Å². The quantitative estimate of drug-likeness (QED) is 0.809. The monoisotopic (exact) mass is 312 g/mol. The molecule has 2 rings (SSSR count). The van der Waals surface area contributed by atoms with Gasteiger partial charge in [-0.3, -0.25) is 4.79 Å². The largest absolute Gasteiger partial charge is 0.390 e. The van der Waals surface area contributed by atoms with Crippen molar-refractivity contribution < 1.29 is 9.90 Å². The van der Waals surface area contributed by atoms with Crippen molar-refractivity contribution in [2.24, 2.45) is 0 Å². The molecule has 1 unspecified atom stereocenters. The van der Waals surface area contributed by atoms with Crippen LogP contribution in [0.4, 0.5) is 0 Å². The lowest BCUT2D eigenvalue weighted by Crippen LogP contribution is -2.33. The summed E-state index contributed by atoms with van der Waals surface area (Å²) >= 11 is 3.30. The van der Waals surface area contributed by atoms with Crippen LogP contribution in [-0.2, 0) is 0 Å². The van der Waals surface area contributed by atoms with E-state index in [0.29, 0.717) is 29.7 Å². The minimum atomic E-state index is -0.652. The molecule has 1 N–H and O–H groups in total. The van der Waals surface area contributed by atoms with Crippen LogP contribution in [0.2, 0.25) is 0 Å². The van der Waals surface area contributed by atoms with Crippen LogP contribution in [0.3, 0.4) is 0 Å². The van der Waals surface area contributed by atoms with Crippen LogP contribution in [0.1, 0.15) is 36.5 Å². The van der Waals surface area contributed by atoms with Crippen molar-refractivity contribution in [2.45, 2.75) is 31.8 Å². The number of amides is 1. The molecule has 4 nitrogen and oxygen atoms in total. The number of halogens is 1. The summed E-state index contributed by atoms with van der Waals surface area (Å²) in [5.41, 5.74) is -0.0691. The Morgan fingerprint density at radius 3 is 3.00 bits per heavy atom. The van der Waals surface area contributed by atoms with Crippen molar-refractivity contribution >= 4 is 21.8 Å². The lowest BCUT2D eigenvalue weighted by molar-refractivity contribution is 0.0438. The van der Waals surface area contributed by atoms with Crippen molar-refractivity contribution in [2.75, 3.05) is 13.1 Å². The van der Waals surface area contributed by atoms with Gasteiger partial charge in [-0.1, -0.05) is 0 Å². The van der Waals surface area contributed by atoms with Gasteiger partial charge in [0.05, 0.1) is 11.2 Å². The fourth-order valence-corrected chi connectivity index (χ4v) is 2.60. The van der Waals surface area contributed by atoms with Crippen LogP contribution in [0.25, 0.3) is 0 Å². The first kappa shape index (κ1) is 13.5. The molecule has 1 aliphatic rings. The van der Waals surface area contributed by atoms with Crippen molar-refractivity contribution in [3.8, 4) is 0 Å². The highest BCUT2D eigenvalue weighted by Crippen LogP contribution is 2.23. The van der Waals surface area contributed by atoms with E-state index in [2.05, 4.69) is 20.9 Å². The summed E-state index contributed by atoms with van der Waals surface area (Å²) in [5.74, 6) is -0.0207. The number of hydrogen-bond acceptors (Lipinski definition) is 3. The lowest BCUT2D eigenvalue weighted by atomic mass is 9.98. The summed E-state index contributed by atoms with van der Waals surface area (Å²) in [6, 6.07) is 3.52. The first-order chi connectivity index (χ1) is 8.49. The third-order valence-corrected chi connectivity index (χ3v) is 3.97. The van der Waals surface area contributed by atoms with Crippen LogP contribution in [0, 0.1) is 0 Å². The zero-order valence-corrected chi connectivity index (χ0v) is 12.0. The van der Waals surface area contributed by atoms with Gasteiger partial charge in [-0.2, -0.15) is 0 Å². The number of carbonyl (C=O) groups is 1. The van der Waals surface area contributed by atoms with Gasteiger partial charge in [-0.15, -0.1) is 0 Å². The van der Waals surface area contributed by atoms with Crippen molar-refractivity contribution in [3.63, 3.8) is 0 Å². The Hall–Kier alpha value is -0.940. The van der Waals surface area contributed by atoms with Gasteiger partial charge in [-0.25, -0.2) is 4.98 Å². The number of nitrogens with zero attached hydrogens (tertiary/aromatic N) is 2. The van der Waals surface area contributed by atoms with Gasteiger partial charge < -0.3 is 10.0 Å². The van der Waals surface area contributed by atoms with E-state index in [1.807, 2.05) is 6.92 Å². The lowest BCUT2D eigenvalue weighted by Gasteiger charge is -2.22. The second-order valence-corrected chi connectivity index (χ2v) is 5.74. The van der Waals surface area contributed by atoms with Gasteiger partial charge in [-0.05, 0) is 54.2 Å². The summed E-state index contributed by atoms with van der Waals surface area (Å²) in [4.78, 5) is 18.2. The molecular weight excluding hydrogens is 296 g/mol. The van der Waals surface area contributed by atoms with Crippen LogP contribution in [-0.4, -0.2) is 39.6 Å². The smallest absolute Gasteiger partial charge is 0.256 e. The minimum Gasteiger partial charge on any atom is -0.390 e. The summed E-state index contributed by atoms with van der Waals surface area (Å²) < 4.78 is 0.575. The van der Waals surface area contributed by atoms with E-state index < -0.39 is 5.60 Å². The van der Waals surface area contributed by atoms with E-state index in [-0.39, 0.29) is 5.91 Å². The summed E-state index contributed by atoms with van der Waals surface area (Å²) in [6.45, 7) is 3.12. The first-order valence-electron chi connectivity index (χ1n) is 6.12. The van der Waals surface area contributed by atoms with Gasteiger partial charge in [0.15, 0.2) is 0 Å². The molecule has 1 saturated heterocycles. The molecule has 98 valence electrons. The molecule has 18 heavy (non-hydrogen) atoms. The maximum Gasteiger partial charge on any atom is 0.256 e. The highest BCUT2D eigenvalue weighted by molar-refractivity contribution is 9.10. The Morgan fingerprint density at radius 2 is 2.28 bits per heavy atom. The standard InChI is InChI=1S/C13H17BrN2O2/c1-13(18)5-3-8-16(9-6-13)12(17)10-4-2-7-15-11(10)14/h2,4,7,18H,3,5-6,8-9H2,1H3. The molecule has 0 radical (unpaired) electrons. The normalized spacial score (nSPS) is 24.7. The van der Waals surface area contributed by atoms with E-state index >= 15 is 0 Å². The summed E-state index contributed by atoms with van der Waals surface area (Å²) in [5, 5.41) is 10.0. The Morgan fingerprint density at radius 1 is 1.50 bits per heavy atom. The first-order valence-corrected chi connectivity index (χ1v) is 6.91. The molecule has 0 bridgehead atoms. The highest BCUT2D eigenvalue weighted by atomic mass is 79.9. The number of hydrogen-bond donors (Lipinski definition) is 1. The zero-order valence-electron chi connectivity index (χ0n) is 10.4. The fraction of sp³-hybridized carbons (Fsp3) is 0.538. The molecule has 1 aliphatic heterocycles. The second kappa shape index (κ2) is 5.36. The molecule has 5 heteroatoms. The summed E-state index contributed by atoms with van der Waals surface area (Å²) in [6.07, 6.45) is 3.84. The predicted molar refractivity (Wildman–Crippen MR) is 72.3 cm³/mol. The van der Waals surface area contributed by atoms with E-state index in [1.54, 1.807) is 23.2 Å². The Balaban J connectivity index is 2.13. The third kappa shape index (κ3) is 3.09. The average Bonchev–Trinajstić information content (AvgIpc) is 2.50. The molecule has 0 aromatic carbocycles. The van der Waals surface area contributed by atoms with E-state index in [0.717, 1.165) is 12.8 Å². The van der Waals surface area contributed by atoms with Crippen LogP contribution in [0.15, 0.2) is 22.9 Å². The van der Waals surface area contributed by atoms with Crippen molar-refractivity contribution in [3.05, 3.63) is 28.5 Å². The van der Waals surface area contributed by atoms with Crippen LogP contribution < -0.4 is 0 Å². The maximum absolute atomic E-state index is 12.4. The molecule has 1 aromatic heterocycles.